The summed E-state index contributed by atoms with van der Waals surface area (Å²) in [6, 6.07) is 0.875. The zero-order valence-corrected chi connectivity index (χ0v) is 9.55. The van der Waals surface area contributed by atoms with Gasteiger partial charge in [-0.15, -0.1) is 0 Å². The van der Waals surface area contributed by atoms with Gasteiger partial charge in [0.05, 0.1) is 6.61 Å². The largest absolute Gasteiger partial charge is 0.516 e. The first-order valence-electron chi connectivity index (χ1n) is 4.16. The summed E-state index contributed by atoms with van der Waals surface area (Å²) in [5.41, 5.74) is 0. The van der Waals surface area contributed by atoms with Crippen molar-refractivity contribution in [2.45, 2.75) is 32.6 Å². The smallest absolute Gasteiger partial charge is 0.434 e. The molecule has 0 bridgehead atoms. The molecule has 4 nitrogen and oxygen atoms in total. The zero-order chi connectivity index (χ0) is 10.5. The number of hydrogen-bond donors (Lipinski definition) is 0. The highest BCUT2D eigenvalue weighted by molar-refractivity contribution is 6.76. The molecule has 0 saturated carbocycles. The monoisotopic (exact) mass is 204 g/mol. The van der Waals surface area contributed by atoms with Gasteiger partial charge in [-0.25, -0.2) is 4.79 Å². The summed E-state index contributed by atoms with van der Waals surface area (Å²) in [4.78, 5) is 21.0. The minimum Gasteiger partial charge on any atom is -0.434 e. The molecule has 0 radical (unpaired) electrons. The van der Waals surface area contributed by atoms with Crippen LogP contribution < -0.4 is 0 Å². The first-order chi connectivity index (χ1) is 5.81. The van der Waals surface area contributed by atoms with Crippen LogP contribution in [0.25, 0.3) is 0 Å². The van der Waals surface area contributed by atoms with Crippen molar-refractivity contribution in [2.24, 2.45) is 0 Å². The Balaban J connectivity index is 3.54. The summed E-state index contributed by atoms with van der Waals surface area (Å²) in [7, 11) is -1.18. The molecule has 13 heavy (non-hydrogen) atoms. The topological polar surface area (TPSA) is 52.6 Å². The minimum absolute atomic E-state index is 0.335. The highest BCUT2D eigenvalue weighted by atomic mass is 28.3. The van der Waals surface area contributed by atoms with Crippen LogP contribution in [0, 0.1) is 0 Å². The van der Waals surface area contributed by atoms with Crippen LogP contribution in [0.15, 0.2) is 0 Å². The van der Waals surface area contributed by atoms with Crippen LogP contribution in [0.3, 0.4) is 0 Å². The maximum Gasteiger partial charge on any atom is 0.516 e. The molecule has 0 aliphatic rings. The Hall–Kier alpha value is -0.843. The van der Waals surface area contributed by atoms with E-state index in [1.54, 1.807) is 0 Å². The van der Waals surface area contributed by atoms with Crippen molar-refractivity contribution in [1.29, 1.82) is 0 Å². The second-order valence-corrected chi connectivity index (χ2v) is 9.62. The fraction of sp³-hybridized carbons (Fsp3) is 0.750. The molecular weight excluding hydrogens is 188 g/mol. The van der Waals surface area contributed by atoms with Crippen molar-refractivity contribution < 1.29 is 19.1 Å². The van der Waals surface area contributed by atoms with Gasteiger partial charge in [0.25, 0.3) is 0 Å². The van der Waals surface area contributed by atoms with Gasteiger partial charge in [-0.3, -0.25) is 4.79 Å². The summed E-state index contributed by atoms with van der Waals surface area (Å²) in [5.74, 6) is -0.641. The molecule has 0 atom stereocenters. The van der Waals surface area contributed by atoms with Crippen LogP contribution in [0.2, 0.25) is 25.7 Å². The summed E-state index contributed by atoms with van der Waals surface area (Å²) in [6.45, 7) is 8.02. The van der Waals surface area contributed by atoms with Gasteiger partial charge in [-0.2, -0.15) is 0 Å². The van der Waals surface area contributed by atoms with Gasteiger partial charge in [-0.05, 0) is 6.04 Å². The molecule has 76 valence electrons. The predicted octanol–water partition coefficient (Wildman–Crippen LogP) is 2.02. The van der Waals surface area contributed by atoms with Crippen LogP contribution in [-0.4, -0.2) is 26.8 Å². The number of esters is 1. The van der Waals surface area contributed by atoms with Gasteiger partial charge in [-0.1, -0.05) is 19.6 Å². The predicted molar refractivity (Wildman–Crippen MR) is 51.3 cm³/mol. The second kappa shape index (κ2) is 5.01. The molecule has 0 unspecified atom stereocenters. The van der Waals surface area contributed by atoms with E-state index in [9.17, 15) is 9.59 Å². The Morgan fingerprint density at radius 2 is 1.77 bits per heavy atom. The van der Waals surface area contributed by atoms with Crippen molar-refractivity contribution in [3.05, 3.63) is 0 Å². The molecule has 5 heteroatoms. The lowest BCUT2D eigenvalue weighted by molar-refractivity contribution is -0.137. The Morgan fingerprint density at radius 3 is 2.15 bits per heavy atom. The second-order valence-electron chi connectivity index (χ2n) is 4.00. The average molecular weight is 204 g/mol. The van der Waals surface area contributed by atoms with E-state index >= 15 is 0 Å². The van der Waals surface area contributed by atoms with Crippen molar-refractivity contribution in [1.82, 2.24) is 0 Å². The fourth-order valence-electron chi connectivity index (χ4n) is 0.587. The lowest BCUT2D eigenvalue weighted by Crippen LogP contribution is -2.23. The lowest BCUT2D eigenvalue weighted by atomic mass is 10.8. The van der Waals surface area contributed by atoms with E-state index < -0.39 is 20.2 Å². The SMILES string of the molecule is CC(=O)OC(=O)OCC[Si](C)(C)C. The quantitative estimate of drug-likeness (QED) is 0.401. The molecule has 0 amide bonds. The van der Waals surface area contributed by atoms with Crippen molar-refractivity contribution in [2.75, 3.05) is 6.61 Å². The Labute approximate surface area is 79.2 Å². The molecule has 0 spiro atoms. The molecule has 0 aliphatic carbocycles. The zero-order valence-electron chi connectivity index (χ0n) is 8.55. The van der Waals surface area contributed by atoms with Gasteiger partial charge in [0.15, 0.2) is 0 Å². The van der Waals surface area contributed by atoms with E-state index in [2.05, 4.69) is 29.1 Å². The van der Waals surface area contributed by atoms with Crippen molar-refractivity contribution in [3.63, 3.8) is 0 Å². The van der Waals surface area contributed by atoms with Crippen LogP contribution in [0.1, 0.15) is 6.92 Å². The van der Waals surface area contributed by atoms with Crippen LogP contribution in [-0.2, 0) is 14.3 Å². The Morgan fingerprint density at radius 1 is 1.23 bits per heavy atom. The molecule has 0 rings (SSSR count). The highest BCUT2D eigenvalue weighted by Gasteiger charge is 2.14. The van der Waals surface area contributed by atoms with Gasteiger partial charge in [0.1, 0.15) is 0 Å². The van der Waals surface area contributed by atoms with Gasteiger partial charge in [0, 0.05) is 15.0 Å². The van der Waals surface area contributed by atoms with Crippen molar-refractivity contribution >= 4 is 20.2 Å². The number of carbonyl (C=O) groups excluding carboxylic acids is 2. The number of ether oxygens (including phenoxy) is 2. The molecule has 0 aromatic heterocycles. The molecule has 0 saturated heterocycles. The number of carbonyl (C=O) groups is 2. The first kappa shape index (κ1) is 12.2. The Bertz CT molecular complexity index is 195. The molecular formula is C8H16O4Si. The molecule has 0 N–H and O–H groups in total. The van der Waals surface area contributed by atoms with E-state index in [1.807, 2.05) is 0 Å². The first-order valence-corrected chi connectivity index (χ1v) is 7.87. The normalized spacial score (nSPS) is 10.8. The van der Waals surface area contributed by atoms with E-state index in [-0.39, 0.29) is 0 Å². The standard InChI is InChI=1S/C8H16O4Si/c1-7(9)12-8(10)11-5-6-13(2,3)4/h5-6H2,1-4H3. The van der Waals surface area contributed by atoms with Gasteiger partial charge < -0.3 is 9.47 Å². The number of rotatable bonds is 3. The highest BCUT2D eigenvalue weighted by Crippen LogP contribution is 2.07. The summed E-state index contributed by atoms with van der Waals surface area (Å²) in [6.07, 6.45) is -0.897. The summed E-state index contributed by atoms with van der Waals surface area (Å²) in [5, 5.41) is 0. The van der Waals surface area contributed by atoms with E-state index in [4.69, 9.17) is 0 Å². The molecule has 0 aliphatic heterocycles. The van der Waals surface area contributed by atoms with E-state index in [0.29, 0.717) is 6.61 Å². The molecule has 0 aromatic rings. The third kappa shape index (κ3) is 9.07. The van der Waals surface area contributed by atoms with Crippen LogP contribution in [0.5, 0.6) is 0 Å². The minimum atomic E-state index is -1.18. The van der Waals surface area contributed by atoms with E-state index in [0.717, 1.165) is 6.04 Å². The third-order valence-corrected chi connectivity index (χ3v) is 3.00. The summed E-state index contributed by atoms with van der Waals surface area (Å²) >= 11 is 0. The van der Waals surface area contributed by atoms with Crippen LogP contribution in [0.4, 0.5) is 4.79 Å². The maximum absolute atomic E-state index is 10.7. The third-order valence-electron chi connectivity index (χ3n) is 1.30. The van der Waals surface area contributed by atoms with E-state index in [1.165, 1.54) is 6.92 Å². The molecule has 0 aromatic carbocycles. The number of hydrogen-bond acceptors (Lipinski definition) is 4. The van der Waals surface area contributed by atoms with Crippen LogP contribution >= 0.6 is 0 Å². The molecule has 0 heterocycles. The summed E-state index contributed by atoms with van der Waals surface area (Å²) < 4.78 is 8.86. The van der Waals surface area contributed by atoms with Gasteiger partial charge in [0.2, 0.25) is 0 Å². The molecule has 0 fully saturated rings. The lowest BCUT2D eigenvalue weighted by Gasteiger charge is -2.14. The van der Waals surface area contributed by atoms with Crippen molar-refractivity contribution in [3.8, 4) is 0 Å². The maximum atomic E-state index is 10.7. The Kier molecular flexibility index (Phi) is 4.69. The average Bonchev–Trinajstić information content (AvgIpc) is 1.81. The fourth-order valence-corrected chi connectivity index (χ4v) is 1.30. The van der Waals surface area contributed by atoms with Gasteiger partial charge >= 0.3 is 12.1 Å².